The summed E-state index contributed by atoms with van der Waals surface area (Å²) in [5.74, 6) is 1.06. The molecule has 13 heavy (non-hydrogen) atoms. The average molecular weight is 180 g/mol. The molecule has 0 atom stereocenters. The zero-order chi connectivity index (χ0) is 10.8. The zero-order valence-electron chi connectivity index (χ0n) is 10.1. The highest BCUT2D eigenvalue weighted by atomic mass is 14.1. The van der Waals surface area contributed by atoms with Crippen LogP contribution in [-0.4, -0.2) is 0 Å². The molecule has 1 aromatic carbocycles. The van der Waals surface area contributed by atoms with Crippen molar-refractivity contribution in [3.63, 3.8) is 0 Å². The highest BCUT2D eigenvalue weighted by Crippen LogP contribution is 2.24. The number of benzene rings is 1. The molecular weight excluding hydrogens is 156 g/mol. The van der Waals surface area contributed by atoms with E-state index in [1.807, 2.05) is 18.2 Å². The lowest BCUT2D eigenvalue weighted by Gasteiger charge is -2.18. The number of hydrogen-bond donors (Lipinski definition) is 0. The van der Waals surface area contributed by atoms with Gasteiger partial charge in [0.15, 0.2) is 0 Å². The van der Waals surface area contributed by atoms with Crippen LogP contribution in [0.25, 0.3) is 0 Å². The molecule has 0 bridgehead atoms. The fourth-order valence-corrected chi connectivity index (χ4v) is 1.15. The molecule has 0 unspecified atom stereocenters. The molecule has 0 amide bonds. The Kier molecular flexibility index (Phi) is 5.31. The van der Waals surface area contributed by atoms with Crippen LogP contribution in [0.2, 0.25) is 0 Å². The van der Waals surface area contributed by atoms with E-state index in [0.717, 1.165) is 5.92 Å². The lowest BCUT2D eigenvalue weighted by atomic mass is 9.88. The van der Waals surface area contributed by atoms with E-state index in [9.17, 15) is 0 Å². The molecule has 1 aliphatic carbocycles. The number of hydrogen-bond acceptors (Lipinski definition) is 0. The minimum Gasteiger partial charge on any atom is -0.0776 e. The molecule has 1 fully saturated rings. The van der Waals surface area contributed by atoms with Gasteiger partial charge in [-0.15, -0.1) is 0 Å². The fourth-order valence-electron chi connectivity index (χ4n) is 1.15. The summed E-state index contributed by atoms with van der Waals surface area (Å²) >= 11 is 0. The van der Waals surface area contributed by atoms with E-state index >= 15 is 0 Å². The molecule has 1 aliphatic rings. The summed E-state index contributed by atoms with van der Waals surface area (Å²) in [4.78, 5) is 0. The van der Waals surface area contributed by atoms with Gasteiger partial charge < -0.3 is 0 Å². The van der Waals surface area contributed by atoms with E-state index < -0.39 is 0 Å². The van der Waals surface area contributed by atoms with Gasteiger partial charge in [-0.25, -0.2) is 0 Å². The van der Waals surface area contributed by atoms with E-state index in [1.54, 1.807) is 0 Å². The van der Waals surface area contributed by atoms with Gasteiger partial charge in [-0.1, -0.05) is 69.5 Å². The van der Waals surface area contributed by atoms with E-state index in [0.29, 0.717) is 0 Å². The van der Waals surface area contributed by atoms with Crippen molar-refractivity contribution >= 4 is 0 Å². The Balaban J connectivity index is 0.000000213. The smallest absolute Gasteiger partial charge is 0.0194 e. The molecule has 74 valence electrons. The van der Waals surface area contributed by atoms with Crippen LogP contribution < -0.4 is 0 Å². The minimum absolute atomic E-state index is 1.06. The van der Waals surface area contributed by atoms with Gasteiger partial charge in [0.1, 0.15) is 0 Å². The van der Waals surface area contributed by atoms with E-state index in [2.05, 4.69) is 26.0 Å². The third kappa shape index (κ3) is 5.46. The van der Waals surface area contributed by atoms with Crippen LogP contribution in [0, 0.1) is 12.8 Å². The first kappa shape index (κ1) is 10.3. The summed E-state index contributed by atoms with van der Waals surface area (Å²) < 4.78 is 5.75. The summed E-state index contributed by atoms with van der Waals surface area (Å²) in [6.07, 6.45) is 4.46. The largest absolute Gasteiger partial charge is 0.0776 e. The van der Waals surface area contributed by atoms with Crippen molar-refractivity contribution in [2.75, 3.05) is 0 Å². The Labute approximate surface area is 84.4 Å². The molecule has 1 saturated carbocycles. The van der Waals surface area contributed by atoms with Crippen molar-refractivity contribution < 1.29 is 1.37 Å². The molecule has 0 nitrogen and oxygen atoms in total. The monoisotopic (exact) mass is 180 g/mol. The highest BCUT2D eigenvalue weighted by Gasteiger charge is 2.09. The van der Waals surface area contributed by atoms with Crippen molar-refractivity contribution in [2.45, 2.75) is 40.5 Å². The lowest BCUT2D eigenvalue weighted by molar-refractivity contribution is 0.346. The molecule has 0 heteroatoms. The third-order valence-electron chi connectivity index (χ3n) is 2.33. The molecule has 0 aromatic heterocycles. The lowest BCUT2D eigenvalue weighted by Crippen LogP contribution is -2.04. The molecule has 0 spiro atoms. The Hall–Kier alpha value is -0.780. The van der Waals surface area contributed by atoms with Crippen molar-refractivity contribution in [3.8, 4) is 0 Å². The van der Waals surface area contributed by atoms with Crippen molar-refractivity contribution in [2.24, 2.45) is 5.92 Å². The second-order valence-electron chi connectivity index (χ2n) is 3.69. The normalized spacial score (nSPS) is 15.2. The molecule has 0 aliphatic heterocycles. The quantitative estimate of drug-likeness (QED) is 0.554. The van der Waals surface area contributed by atoms with Crippen LogP contribution >= 0.6 is 0 Å². The van der Waals surface area contributed by atoms with Crippen LogP contribution in [0.5, 0.6) is 0 Å². The molecule has 0 heterocycles. The van der Waals surface area contributed by atoms with E-state index in [-0.39, 0.29) is 0 Å². The third-order valence-corrected chi connectivity index (χ3v) is 2.33. The molecule has 1 aromatic rings. The molecule has 0 saturated heterocycles. The van der Waals surface area contributed by atoms with Gasteiger partial charge in [0.2, 0.25) is 0 Å². The second kappa shape index (κ2) is 6.71. The van der Waals surface area contributed by atoms with Gasteiger partial charge >= 0.3 is 0 Å². The first-order chi connectivity index (χ1) is 6.79. The number of rotatable bonds is 0. The topological polar surface area (TPSA) is 0 Å². The van der Waals surface area contributed by atoms with Crippen molar-refractivity contribution in [1.82, 2.24) is 0 Å². The average Bonchev–Trinajstić information content (AvgIpc) is 2.20. The Bertz CT molecular complexity index is 202. The molecule has 0 N–H and O–H groups in total. The van der Waals surface area contributed by atoms with Crippen LogP contribution in [0.15, 0.2) is 30.3 Å². The first-order valence-electron chi connectivity index (χ1n) is 5.80. The Morgan fingerprint density at radius 1 is 1.23 bits per heavy atom. The zero-order valence-corrected chi connectivity index (χ0v) is 9.09. The van der Waals surface area contributed by atoms with Crippen molar-refractivity contribution in [3.05, 3.63) is 35.9 Å². The predicted octanol–water partition coefficient (Wildman–Crippen LogP) is 4.44. The van der Waals surface area contributed by atoms with Crippen LogP contribution in [0.3, 0.4) is 0 Å². The van der Waals surface area contributed by atoms with Crippen LogP contribution in [-0.2, 0) is 0 Å². The standard InChI is InChI=1S/C7H8.C5H10.CH4/c1-7-5-3-2-4-6-7;1-5-3-2-4-5;/h2-6H,1H3;5H,2-4H2,1H3;1H4/i;;1T. The Morgan fingerprint density at radius 2 is 1.69 bits per heavy atom. The predicted molar refractivity (Wildman–Crippen MR) is 60.9 cm³/mol. The molecule has 0 radical (unpaired) electrons. The minimum atomic E-state index is 1.06. The maximum absolute atomic E-state index is 5.75. The van der Waals surface area contributed by atoms with Gasteiger partial charge in [0, 0.05) is 1.37 Å². The summed E-state index contributed by atoms with van der Waals surface area (Å²) in [5.41, 5.74) is 1.32. The maximum Gasteiger partial charge on any atom is 0.0194 e. The van der Waals surface area contributed by atoms with Gasteiger partial charge in [0.05, 0.1) is 0 Å². The summed E-state index contributed by atoms with van der Waals surface area (Å²) in [6.45, 7) is 4.39. The molecular formula is C13H22. The summed E-state index contributed by atoms with van der Waals surface area (Å²) in [7, 11) is 1.25. The highest BCUT2D eigenvalue weighted by molar-refractivity contribution is 5.11. The Morgan fingerprint density at radius 3 is 1.85 bits per heavy atom. The SMILES string of the molecule is CC1CCC1.Cc1ccccc1.[3H]C. The molecule has 2 rings (SSSR count). The second-order valence-corrected chi connectivity index (χ2v) is 3.69. The van der Waals surface area contributed by atoms with Gasteiger partial charge in [-0.05, 0) is 12.8 Å². The van der Waals surface area contributed by atoms with Crippen molar-refractivity contribution in [1.29, 1.82) is 0 Å². The van der Waals surface area contributed by atoms with Crippen LogP contribution in [0.4, 0.5) is 0 Å². The van der Waals surface area contributed by atoms with Gasteiger partial charge in [-0.2, -0.15) is 0 Å². The first-order valence-corrected chi connectivity index (χ1v) is 4.80. The summed E-state index contributed by atoms with van der Waals surface area (Å²) in [6, 6.07) is 10.3. The van der Waals surface area contributed by atoms with Crippen LogP contribution in [0.1, 0.15) is 40.5 Å². The maximum atomic E-state index is 5.75. The summed E-state index contributed by atoms with van der Waals surface area (Å²) in [5, 5.41) is 0. The van der Waals surface area contributed by atoms with E-state index in [1.165, 1.54) is 32.2 Å². The number of aryl methyl sites for hydroxylation is 1. The van der Waals surface area contributed by atoms with Gasteiger partial charge in [-0.3, -0.25) is 0 Å². The van der Waals surface area contributed by atoms with E-state index in [4.69, 9.17) is 1.37 Å². The fraction of sp³-hybridized carbons (Fsp3) is 0.538. The van der Waals surface area contributed by atoms with Gasteiger partial charge in [0.25, 0.3) is 0 Å².